The number of benzene rings is 1. The molecule has 0 radical (unpaired) electrons. The van der Waals surface area contributed by atoms with Gasteiger partial charge in [-0.25, -0.2) is 0 Å². The van der Waals surface area contributed by atoms with E-state index in [9.17, 15) is 9.59 Å². The second-order valence-electron chi connectivity index (χ2n) is 4.21. The molecule has 0 N–H and O–H groups in total. The Morgan fingerprint density at radius 3 is 2.35 bits per heavy atom. The molecule has 1 atom stereocenters. The van der Waals surface area contributed by atoms with Crippen molar-refractivity contribution in [3.63, 3.8) is 0 Å². The average Bonchev–Trinajstić information content (AvgIpc) is 2.45. The minimum Gasteiger partial charge on any atom is -0.493 e. The smallest absolute Gasteiger partial charge is 0.306 e. The summed E-state index contributed by atoms with van der Waals surface area (Å²) in [5.74, 6) is -0.484. The Bertz CT molecular complexity index is 513. The molecule has 0 saturated heterocycles. The van der Waals surface area contributed by atoms with Crippen molar-refractivity contribution in [2.24, 2.45) is 5.92 Å². The van der Waals surface area contributed by atoms with Gasteiger partial charge in [-0.15, -0.1) is 0 Å². The van der Waals surface area contributed by atoms with Gasteiger partial charge in [0.15, 0.2) is 17.3 Å². The number of hydrogen-bond acceptors (Lipinski definition) is 5. The predicted molar refractivity (Wildman–Crippen MR) is 74.7 cm³/mol. The van der Waals surface area contributed by atoms with Crippen molar-refractivity contribution in [2.45, 2.75) is 13.3 Å². The summed E-state index contributed by atoms with van der Waals surface area (Å²) < 4.78 is 14.8. The molecule has 1 unspecified atom stereocenters. The lowest BCUT2D eigenvalue weighted by Crippen LogP contribution is -2.17. The lowest BCUT2D eigenvalue weighted by atomic mass is 9.96. The largest absolute Gasteiger partial charge is 0.493 e. The summed E-state index contributed by atoms with van der Waals surface area (Å²) >= 11 is 6.16. The zero-order chi connectivity index (χ0) is 15.3. The van der Waals surface area contributed by atoms with E-state index in [1.165, 1.54) is 21.3 Å². The molecule has 1 rings (SSSR count). The van der Waals surface area contributed by atoms with Gasteiger partial charge in [-0.1, -0.05) is 18.5 Å². The fourth-order valence-electron chi connectivity index (χ4n) is 1.77. The van der Waals surface area contributed by atoms with Gasteiger partial charge in [0.25, 0.3) is 0 Å². The van der Waals surface area contributed by atoms with Gasteiger partial charge in [-0.2, -0.15) is 0 Å². The van der Waals surface area contributed by atoms with Gasteiger partial charge in [-0.05, 0) is 12.1 Å². The van der Waals surface area contributed by atoms with E-state index in [2.05, 4.69) is 4.74 Å². The van der Waals surface area contributed by atoms with Crippen molar-refractivity contribution < 1.29 is 23.8 Å². The van der Waals surface area contributed by atoms with Gasteiger partial charge in [0, 0.05) is 11.5 Å². The molecule has 0 aliphatic carbocycles. The number of Topliss-reactive ketones (excluding diaryl/α,β-unsaturated/α-hetero) is 1. The minimum atomic E-state index is -0.530. The van der Waals surface area contributed by atoms with E-state index in [4.69, 9.17) is 21.1 Å². The maximum absolute atomic E-state index is 12.3. The van der Waals surface area contributed by atoms with Crippen molar-refractivity contribution in [3.05, 3.63) is 22.7 Å². The van der Waals surface area contributed by atoms with Crippen LogP contribution in [0.4, 0.5) is 0 Å². The molecule has 0 aromatic heterocycles. The second-order valence-corrected chi connectivity index (χ2v) is 4.59. The van der Waals surface area contributed by atoms with E-state index in [0.29, 0.717) is 17.1 Å². The summed E-state index contributed by atoms with van der Waals surface area (Å²) in [5.41, 5.74) is 0.292. The molecule has 0 aliphatic rings. The van der Waals surface area contributed by atoms with Gasteiger partial charge in [-0.3, -0.25) is 9.59 Å². The lowest BCUT2D eigenvalue weighted by molar-refractivity contribution is -0.141. The number of esters is 1. The van der Waals surface area contributed by atoms with Crippen LogP contribution in [0.15, 0.2) is 12.1 Å². The van der Waals surface area contributed by atoms with E-state index < -0.39 is 11.9 Å². The van der Waals surface area contributed by atoms with Crippen LogP contribution in [0.25, 0.3) is 0 Å². The van der Waals surface area contributed by atoms with Gasteiger partial charge >= 0.3 is 5.97 Å². The predicted octanol–water partition coefficient (Wildman–Crippen LogP) is 2.74. The first-order valence-corrected chi connectivity index (χ1v) is 6.35. The van der Waals surface area contributed by atoms with Crippen LogP contribution in [0.5, 0.6) is 11.5 Å². The summed E-state index contributed by atoms with van der Waals surface area (Å²) in [6.45, 7) is 1.65. The second kappa shape index (κ2) is 7.14. The Labute approximate surface area is 122 Å². The Morgan fingerprint density at radius 2 is 1.85 bits per heavy atom. The van der Waals surface area contributed by atoms with Gasteiger partial charge in [0.05, 0.1) is 32.8 Å². The quantitative estimate of drug-likeness (QED) is 0.597. The van der Waals surface area contributed by atoms with Crippen LogP contribution in [0.3, 0.4) is 0 Å². The number of halogens is 1. The zero-order valence-electron chi connectivity index (χ0n) is 11.9. The number of hydrogen-bond donors (Lipinski definition) is 0. The van der Waals surface area contributed by atoms with Gasteiger partial charge < -0.3 is 14.2 Å². The Hall–Kier alpha value is -1.75. The third-order valence-corrected chi connectivity index (χ3v) is 3.27. The molecule has 0 fully saturated rings. The standard InChI is InChI=1S/C14H17ClO5/c1-8(7-11(16)19-3)13(17)9-5-6-10(18-2)14(20-4)12(9)15/h5-6,8H,7H2,1-4H3. The summed E-state index contributed by atoms with van der Waals surface area (Å²) in [6.07, 6.45) is 0.00000685. The van der Waals surface area contributed by atoms with Crippen molar-refractivity contribution in [2.75, 3.05) is 21.3 Å². The van der Waals surface area contributed by atoms with E-state index in [1.54, 1.807) is 19.1 Å². The molecule has 0 aliphatic heterocycles. The summed E-state index contributed by atoms with van der Waals surface area (Å²) in [5, 5.41) is 0.175. The number of carbonyl (C=O) groups is 2. The zero-order valence-corrected chi connectivity index (χ0v) is 12.6. The highest BCUT2D eigenvalue weighted by molar-refractivity contribution is 6.35. The van der Waals surface area contributed by atoms with Crippen LogP contribution in [0.2, 0.25) is 5.02 Å². The normalized spacial score (nSPS) is 11.7. The molecule has 0 bridgehead atoms. The fourth-order valence-corrected chi connectivity index (χ4v) is 2.10. The van der Waals surface area contributed by atoms with E-state index in [0.717, 1.165) is 0 Å². The number of rotatable bonds is 6. The molecule has 20 heavy (non-hydrogen) atoms. The summed E-state index contributed by atoms with van der Waals surface area (Å²) in [6, 6.07) is 3.16. The highest BCUT2D eigenvalue weighted by Gasteiger charge is 2.24. The van der Waals surface area contributed by atoms with E-state index >= 15 is 0 Å². The fraction of sp³-hybridized carbons (Fsp3) is 0.429. The Morgan fingerprint density at radius 1 is 1.20 bits per heavy atom. The maximum atomic E-state index is 12.3. The number of ketones is 1. The highest BCUT2D eigenvalue weighted by Crippen LogP contribution is 2.38. The van der Waals surface area contributed by atoms with Crippen LogP contribution in [-0.4, -0.2) is 33.1 Å². The Balaban J connectivity index is 3.08. The highest BCUT2D eigenvalue weighted by atomic mass is 35.5. The monoisotopic (exact) mass is 300 g/mol. The average molecular weight is 301 g/mol. The number of carbonyl (C=O) groups excluding carboxylic acids is 2. The molecule has 0 spiro atoms. The first kappa shape index (κ1) is 16.3. The molecular weight excluding hydrogens is 284 g/mol. The molecule has 110 valence electrons. The SMILES string of the molecule is COC(=O)CC(C)C(=O)c1ccc(OC)c(OC)c1Cl. The molecule has 1 aromatic carbocycles. The van der Waals surface area contributed by atoms with Crippen molar-refractivity contribution in [1.82, 2.24) is 0 Å². The summed E-state index contributed by atoms with van der Waals surface area (Å²) in [4.78, 5) is 23.5. The van der Waals surface area contributed by atoms with Crippen molar-refractivity contribution in [3.8, 4) is 11.5 Å². The molecule has 0 amide bonds. The first-order chi connectivity index (χ1) is 9.46. The van der Waals surface area contributed by atoms with Crippen LogP contribution >= 0.6 is 11.6 Å². The molecule has 6 heteroatoms. The number of methoxy groups -OCH3 is 3. The lowest BCUT2D eigenvalue weighted by Gasteiger charge is -2.14. The van der Waals surface area contributed by atoms with E-state index in [-0.39, 0.29) is 17.2 Å². The van der Waals surface area contributed by atoms with Crippen molar-refractivity contribution in [1.29, 1.82) is 0 Å². The van der Waals surface area contributed by atoms with Crippen LogP contribution in [-0.2, 0) is 9.53 Å². The van der Waals surface area contributed by atoms with Gasteiger partial charge in [0.1, 0.15) is 0 Å². The first-order valence-electron chi connectivity index (χ1n) is 5.97. The molecular formula is C14H17ClO5. The Kier molecular flexibility index (Phi) is 5.82. The molecule has 1 aromatic rings. The third kappa shape index (κ3) is 3.42. The topological polar surface area (TPSA) is 61.8 Å². The molecule has 0 saturated carbocycles. The minimum absolute atomic E-state index is 0.00000685. The van der Waals surface area contributed by atoms with Crippen LogP contribution < -0.4 is 9.47 Å². The maximum Gasteiger partial charge on any atom is 0.306 e. The molecule has 5 nitrogen and oxygen atoms in total. The number of ether oxygens (including phenoxy) is 3. The third-order valence-electron chi connectivity index (χ3n) is 2.90. The molecule has 0 heterocycles. The van der Waals surface area contributed by atoms with E-state index in [1.807, 2.05) is 0 Å². The van der Waals surface area contributed by atoms with Crippen molar-refractivity contribution >= 4 is 23.4 Å². The van der Waals surface area contributed by atoms with Crippen LogP contribution in [0, 0.1) is 5.92 Å². The van der Waals surface area contributed by atoms with Gasteiger partial charge in [0.2, 0.25) is 0 Å². The summed E-state index contributed by atoms with van der Waals surface area (Å²) in [7, 11) is 4.20. The van der Waals surface area contributed by atoms with Crippen LogP contribution in [0.1, 0.15) is 23.7 Å².